The fourth-order valence-electron chi connectivity index (χ4n) is 0.906. The Morgan fingerprint density at radius 3 is 2.23 bits per heavy atom. The number of esters is 1. The van der Waals surface area contributed by atoms with Crippen molar-refractivity contribution in [3.8, 4) is 0 Å². The van der Waals surface area contributed by atoms with Crippen molar-refractivity contribution < 1.29 is 13.9 Å². The lowest BCUT2D eigenvalue weighted by molar-refractivity contribution is 0.0601. The highest BCUT2D eigenvalue weighted by molar-refractivity contribution is 5.91. The number of nitrogen functional groups attached to an aromatic ring is 2. The molecule has 0 aliphatic heterocycles. The van der Waals surface area contributed by atoms with Crippen LogP contribution in [0, 0.1) is 5.82 Å². The van der Waals surface area contributed by atoms with Crippen LogP contribution in [0.3, 0.4) is 0 Å². The number of rotatable bonds is 1. The van der Waals surface area contributed by atoms with Gasteiger partial charge in [0.25, 0.3) is 0 Å². The van der Waals surface area contributed by atoms with Gasteiger partial charge in [0.2, 0.25) is 0 Å². The molecule has 0 aromatic heterocycles. The van der Waals surface area contributed by atoms with E-state index in [0.717, 1.165) is 0 Å². The van der Waals surface area contributed by atoms with Crippen molar-refractivity contribution in [1.29, 1.82) is 0 Å². The molecule has 0 atom stereocenters. The Morgan fingerprint density at radius 1 is 1.38 bits per heavy atom. The van der Waals surface area contributed by atoms with Crippen LogP contribution in [-0.4, -0.2) is 13.1 Å². The van der Waals surface area contributed by atoms with Gasteiger partial charge in [0.15, 0.2) is 5.82 Å². The monoisotopic (exact) mass is 184 g/mol. The van der Waals surface area contributed by atoms with Crippen molar-refractivity contribution in [2.75, 3.05) is 18.6 Å². The molecule has 0 saturated heterocycles. The normalized spacial score (nSPS) is 9.69. The van der Waals surface area contributed by atoms with E-state index in [0.29, 0.717) is 0 Å². The van der Waals surface area contributed by atoms with E-state index in [1.165, 1.54) is 19.2 Å². The minimum absolute atomic E-state index is 0.138. The summed E-state index contributed by atoms with van der Waals surface area (Å²) in [7, 11) is 1.22. The number of nitrogens with two attached hydrogens (primary N) is 2. The Hall–Kier alpha value is -1.78. The molecule has 4 nitrogen and oxygen atoms in total. The lowest BCUT2D eigenvalue weighted by Gasteiger charge is -2.04. The first kappa shape index (κ1) is 9.31. The first-order chi connectivity index (χ1) is 6.06. The zero-order valence-corrected chi connectivity index (χ0v) is 7.00. The van der Waals surface area contributed by atoms with Crippen LogP contribution < -0.4 is 11.5 Å². The molecular weight excluding hydrogens is 175 g/mol. The highest BCUT2D eigenvalue weighted by Gasteiger charge is 2.11. The quantitative estimate of drug-likeness (QED) is 0.499. The van der Waals surface area contributed by atoms with Gasteiger partial charge < -0.3 is 16.2 Å². The standard InChI is InChI=1S/C8H9FN2O2/c1-13-8(12)4-2-5(10)7(9)6(11)3-4/h2-3H,10-11H2,1H3. The van der Waals surface area contributed by atoms with E-state index < -0.39 is 11.8 Å². The summed E-state index contributed by atoms with van der Waals surface area (Å²) in [6.07, 6.45) is 0. The molecule has 0 unspecified atom stereocenters. The summed E-state index contributed by atoms with van der Waals surface area (Å²) in [6.45, 7) is 0. The number of halogens is 1. The van der Waals surface area contributed by atoms with E-state index >= 15 is 0 Å². The van der Waals surface area contributed by atoms with Gasteiger partial charge in [-0.25, -0.2) is 9.18 Å². The van der Waals surface area contributed by atoms with Crippen molar-refractivity contribution in [3.63, 3.8) is 0 Å². The molecule has 0 aliphatic rings. The van der Waals surface area contributed by atoms with Crippen LogP contribution in [0.5, 0.6) is 0 Å². The number of methoxy groups -OCH3 is 1. The Labute approximate surface area is 74.3 Å². The number of carbonyl (C=O) groups is 1. The number of anilines is 2. The summed E-state index contributed by atoms with van der Waals surface area (Å²) in [4.78, 5) is 11.0. The maximum atomic E-state index is 12.9. The third-order valence-corrected chi connectivity index (χ3v) is 1.55. The molecule has 70 valence electrons. The van der Waals surface area contributed by atoms with Crippen LogP contribution in [0.4, 0.5) is 15.8 Å². The summed E-state index contributed by atoms with van der Waals surface area (Å²) in [5.74, 6) is -1.31. The molecule has 0 bridgehead atoms. The second kappa shape index (κ2) is 3.30. The van der Waals surface area contributed by atoms with Gasteiger partial charge >= 0.3 is 5.97 Å². The topological polar surface area (TPSA) is 78.3 Å². The molecule has 1 aromatic rings. The zero-order chi connectivity index (χ0) is 10.0. The molecule has 0 aliphatic carbocycles. The summed E-state index contributed by atoms with van der Waals surface area (Å²) < 4.78 is 17.3. The minimum atomic E-state index is -0.715. The van der Waals surface area contributed by atoms with Gasteiger partial charge in [0.05, 0.1) is 24.0 Å². The largest absolute Gasteiger partial charge is 0.465 e. The van der Waals surface area contributed by atoms with Crippen molar-refractivity contribution in [3.05, 3.63) is 23.5 Å². The SMILES string of the molecule is COC(=O)c1cc(N)c(F)c(N)c1. The van der Waals surface area contributed by atoms with E-state index in [-0.39, 0.29) is 16.9 Å². The molecule has 0 heterocycles. The first-order valence-electron chi connectivity index (χ1n) is 3.49. The highest BCUT2D eigenvalue weighted by Crippen LogP contribution is 2.20. The Bertz CT molecular complexity index is 329. The van der Waals surface area contributed by atoms with Gasteiger partial charge in [-0.15, -0.1) is 0 Å². The molecule has 13 heavy (non-hydrogen) atoms. The lowest BCUT2D eigenvalue weighted by atomic mass is 10.1. The molecule has 0 saturated carbocycles. The second-order valence-corrected chi connectivity index (χ2v) is 2.46. The fourth-order valence-corrected chi connectivity index (χ4v) is 0.906. The molecule has 1 rings (SSSR count). The van der Waals surface area contributed by atoms with E-state index in [1.54, 1.807) is 0 Å². The van der Waals surface area contributed by atoms with Crippen molar-refractivity contribution in [2.45, 2.75) is 0 Å². The van der Waals surface area contributed by atoms with Crippen molar-refractivity contribution >= 4 is 17.3 Å². The highest BCUT2D eigenvalue weighted by atomic mass is 19.1. The molecular formula is C8H9FN2O2. The fraction of sp³-hybridized carbons (Fsp3) is 0.125. The number of ether oxygens (including phenoxy) is 1. The van der Waals surface area contributed by atoms with E-state index in [9.17, 15) is 9.18 Å². The minimum Gasteiger partial charge on any atom is -0.465 e. The predicted molar refractivity (Wildman–Crippen MR) is 46.6 cm³/mol. The van der Waals surface area contributed by atoms with E-state index in [4.69, 9.17) is 11.5 Å². The molecule has 0 radical (unpaired) electrons. The maximum absolute atomic E-state index is 12.9. The van der Waals surface area contributed by atoms with Crippen LogP contribution in [0.25, 0.3) is 0 Å². The Balaban J connectivity index is 3.20. The molecule has 0 amide bonds. The smallest absolute Gasteiger partial charge is 0.338 e. The number of hydrogen-bond acceptors (Lipinski definition) is 4. The van der Waals surface area contributed by atoms with Crippen LogP contribution in [0.15, 0.2) is 12.1 Å². The zero-order valence-electron chi connectivity index (χ0n) is 7.00. The van der Waals surface area contributed by atoms with Crippen molar-refractivity contribution in [1.82, 2.24) is 0 Å². The first-order valence-corrected chi connectivity index (χ1v) is 3.49. The van der Waals surface area contributed by atoms with E-state index in [1.807, 2.05) is 0 Å². The molecule has 1 aromatic carbocycles. The third-order valence-electron chi connectivity index (χ3n) is 1.55. The van der Waals surface area contributed by atoms with E-state index in [2.05, 4.69) is 4.74 Å². The van der Waals surface area contributed by atoms with Gasteiger partial charge in [0, 0.05) is 0 Å². The molecule has 4 N–H and O–H groups in total. The summed E-state index contributed by atoms with van der Waals surface area (Å²) in [5.41, 5.74) is 10.3. The summed E-state index contributed by atoms with van der Waals surface area (Å²) >= 11 is 0. The van der Waals surface area contributed by atoms with Gasteiger partial charge in [-0.3, -0.25) is 0 Å². The number of benzene rings is 1. The van der Waals surface area contributed by atoms with Crippen LogP contribution >= 0.6 is 0 Å². The molecule has 0 spiro atoms. The van der Waals surface area contributed by atoms with Gasteiger partial charge in [-0.1, -0.05) is 0 Å². The average molecular weight is 184 g/mol. The lowest BCUT2D eigenvalue weighted by Crippen LogP contribution is -2.05. The van der Waals surface area contributed by atoms with Gasteiger partial charge in [-0.05, 0) is 12.1 Å². The van der Waals surface area contributed by atoms with Crippen LogP contribution in [0.1, 0.15) is 10.4 Å². The average Bonchev–Trinajstić information content (AvgIpc) is 2.12. The Kier molecular flexibility index (Phi) is 2.36. The summed E-state index contributed by atoms with van der Waals surface area (Å²) in [5, 5.41) is 0. The number of hydrogen-bond donors (Lipinski definition) is 2. The second-order valence-electron chi connectivity index (χ2n) is 2.46. The van der Waals surface area contributed by atoms with Gasteiger partial charge in [0.1, 0.15) is 0 Å². The third kappa shape index (κ3) is 1.69. The predicted octanol–water partition coefficient (Wildman–Crippen LogP) is 0.777. The van der Waals surface area contributed by atoms with Crippen LogP contribution in [0.2, 0.25) is 0 Å². The Morgan fingerprint density at radius 2 is 1.85 bits per heavy atom. The number of carbonyl (C=O) groups excluding carboxylic acids is 1. The maximum Gasteiger partial charge on any atom is 0.338 e. The summed E-state index contributed by atoms with van der Waals surface area (Å²) in [6, 6.07) is 2.36. The van der Waals surface area contributed by atoms with Gasteiger partial charge in [-0.2, -0.15) is 0 Å². The molecule has 0 fully saturated rings. The van der Waals surface area contributed by atoms with Crippen molar-refractivity contribution in [2.24, 2.45) is 0 Å². The van der Waals surface area contributed by atoms with Crippen LogP contribution in [-0.2, 0) is 4.74 Å². The molecule has 5 heteroatoms.